The standard InChI is InChI=1S/C18H21NO7S/c1-12-9-14(6-8-15(12)24-2)27(22,23)19(11-18(20)21)13-5-7-16(25-3)17(10-13)26-4/h5-10H,11H2,1-4H3,(H,20,21). The second-order valence-corrected chi connectivity index (χ2v) is 7.44. The lowest BCUT2D eigenvalue weighted by Gasteiger charge is -2.24. The van der Waals surface area contributed by atoms with Gasteiger partial charge in [-0.25, -0.2) is 8.42 Å². The largest absolute Gasteiger partial charge is 0.496 e. The number of methoxy groups -OCH3 is 3. The van der Waals surface area contributed by atoms with E-state index in [1.54, 1.807) is 6.92 Å². The van der Waals surface area contributed by atoms with Crippen LogP contribution in [0.4, 0.5) is 5.69 Å². The van der Waals surface area contributed by atoms with E-state index in [4.69, 9.17) is 14.2 Å². The molecule has 9 heteroatoms. The summed E-state index contributed by atoms with van der Waals surface area (Å²) in [5, 5.41) is 9.24. The molecule has 0 aliphatic heterocycles. The summed E-state index contributed by atoms with van der Waals surface area (Å²) in [6, 6.07) is 8.71. The molecule has 0 saturated heterocycles. The lowest BCUT2D eigenvalue weighted by atomic mass is 10.2. The summed E-state index contributed by atoms with van der Waals surface area (Å²) in [6.45, 7) is 0.957. The Balaban J connectivity index is 2.58. The number of rotatable bonds is 8. The number of anilines is 1. The highest BCUT2D eigenvalue weighted by Crippen LogP contribution is 2.34. The summed E-state index contributed by atoms with van der Waals surface area (Å²) in [5.41, 5.74) is 0.754. The quantitative estimate of drug-likeness (QED) is 0.732. The fourth-order valence-electron chi connectivity index (χ4n) is 2.56. The van der Waals surface area contributed by atoms with Crippen LogP contribution in [-0.4, -0.2) is 47.4 Å². The topological polar surface area (TPSA) is 102 Å². The summed E-state index contributed by atoms with van der Waals surface area (Å²) in [7, 11) is 0.197. The van der Waals surface area contributed by atoms with Crippen LogP contribution in [0.1, 0.15) is 5.56 Å². The molecule has 0 aromatic heterocycles. The first kappa shape index (κ1) is 20.4. The molecule has 0 unspecified atom stereocenters. The molecule has 146 valence electrons. The third-order valence-electron chi connectivity index (χ3n) is 3.89. The molecule has 0 heterocycles. The van der Waals surface area contributed by atoms with Gasteiger partial charge in [-0.3, -0.25) is 9.10 Å². The number of hydrogen-bond acceptors (Lipinski definition) is 6. The van der Waals surface area contributed by atoms with Gasteiger partial charge in [0.15, 0.2) is 11.5 Å². The van der Waals surface area contributed by atoms with Crippen molar-refractivity contribution in [3.8, 4) is 17.2 Å². The molecule has 2 aromatic carbocycles. The van der Waals surface area contributed by atoms with Crippen molar-refractivity contribution in [3.63, 3.8) is 0 Å². The monoisotopic (exact) mass is 395 g/mol. The number of aliphatic carboxylic acids is 1. The molecular weight excluding hydrogens is 374 g/mol. The minimum Gasteiger partial charge on any atom is -0.496 e. The Morgan fingerprint density at radius 3 is 2.07 bits per heavy atom. The molecular formula is C18H21NO7S. The van der Waals surface area contributed by atoms with Gasteiger partial charge in [-0.05, 0) is 42.8 Å². The van der Waals surface area contributed by atoms with Gasteiger partial charge in [0.1, 0.15) is 12.3 Å². The molecule has 0 aliphatic rings. The Kier molecular flexibility index (Phi) is 6.17. The van der Waals surface area contributed by atoms with Gasteiger partial charge in [0.25, 0.3) is 10.0 Å². The summed E-state index contributed by atoms with van der Waals surface area (Å²) in [6.07, 6.45) is 0. The maximum Gasteiger partial charge on any atom is 0.324 e. The average Bonchev–Trinajstić information content (AvgIpc) is 2.65. The smallest absolute Gasteiger partial charge is 0.324 e. The molecule has 0 bridgehead atoms. The zero-order valence-corrected chi connectivity index (χ0v) is 16.2. The van der Waals surface area contributed by atoms with Crippen LogP contribution in [0, 0.1) is 6.92 Å². The predicted octanol–water partition coefficient (Wildman–Crippen LogP) is 2.30. The Hall–Kier alpha value is -2.94. The minimum atomic E-state index is -4.14. The summed E-state index contributed by atoms with van der Waals surface area (Å²) in [4.78, 5) is 11.3. The molecule has 0 spiro atoms. The van der Waals surface area contributed by atoms with E-state index in [0.717, 1.165) is 4.31 Å². The van der Waals surface area contributed by atoms with Crippen molar-refractivity contribution in [2.45, 2.75) is 11.8 Å². The first-order valence-electron chi connectivity index (χ1n) is 7.85. The molecule has 1 N–H and O–H groups in total. The molecule has 0 saturated carbocycles. The molecule has 0 radical (unpaired) electrons. The SMILES string of the molecule is COc1ccc(S(=O)(=O)N(CC(=O)O)c2ccc(OC)c(OC)c2)cc1C. The van der Waals surface area contributed by atoms with Gasteiger partial charge in [0.05, 0.1) is 31.9 Å². The van der Waals surface area contributed by atoms with Crippen LogP contribution in [0.25, 0.3) is 0 Å². The number of sulfonamides is 1. The second-order valence-electron chi connectivity index (χ2n) is 5.58. The third-order valence-corrected chi connectivity index (χ3v) is 5.66. The lowest BCUT2D eigenvalue weighted by Crippen LogP contribution is -2.35. The van der Waals surface area contributed by atoms with Crippen LogP contribution in [0.15, 0.2) is 41.3 Å². The fourth-order valence-corrected chi connectivity index (χ4v) is 4.05. The van der Waals surface area contributed by atoms with E-state index in [1.165, 1.54) is 57.7 Å². The van der Waals surface area contributed by atoms with Gasteiger partial charge in [-0.2, -0.15) is 0 Å². The Bertz CT molecular complexity index is 941. The molecule has 0 atom stereocenters. The average molecular weight is 395 g/mol. The van der Waals surface area contributed by atoms with Gasteiger partial charge in [0.2, 0.25) is 0 Å². The molecule has 0 aliphatic carbocycles. The number of hydrogen-bond donors (Lipinski definition) is 1. The molecule has 0 amide bonds. The summed E-state index contributed by atoms with van der Waals surface area (Å²) >= 11 is 0. The van der Waals surface area contributed by atoms with Gasteiger partial charge >= 0.3 is 5.97 Å². The molecule has 27 heavy (non-hydrogen) atoms. The lowest BCUT2D eigenvalue weighted by molar-refractivity contribution is -0.135. The van der Waals surface area contributed by atoms with Crippen LogP contribution >= 0.6 is 0 Å². The number of nitrogens with zero attached hydrogens (tertiary/aromatic N) is 1. The highest BCUT2D eigenvalue weighted by Gasteiger charge is 2.28. The highest BCUT2D eigenvalue weighted by molar-refractivity contribution is 7.92. The van der Waals surface area contributed by atoms with Crippen LogP contribution in [0.3, 0.4) is 0 Å². The fraction of sp³-hybridized carbons (Fsp3) is 0.278. The summed E-state index contributed by atoms with van der Waals surface area (Å²) < 4.78 is 42.5. The number of carbonyl (C=O) groups is 1. The number of ether oxygens (including phenoxy) is 3. The first-order chi connectivity index (χ1) is 12.7. The van der Waals surface area contributed by atoms with E-state index in [1.807, 2.05) is 0 Å². The zero-order valence-electron chi connectivity index (χ0n) is 15.4. The van der Waals surface area contributed by atoms with Crippen LogP contribution < -0.4 is 18.5 Å². The van der Waals surface area contributed by atoms with Crippen LogP contribution in [0.5, 0.6) is 17.2 Å². The number of carboxylic acid groups (broad SMARTS) is 1. The normalized spacial score (nSPS) is 11.0. The Labute approximate surface area is 157 Å². The maximum atomic E-state index is 13.1. The second kappa shape index (κ2) is 8.17. The van der Waals surface area contributed by atoms with Crippen LogP contribution in [-0.2, 0) is 14.8 Å². The number of aryl methyl sites for hydroxylation is 1. The van der Waals surface area contributed by atoms with E-state index in [9.17, 15) is 18.3 Å². The van der Waals surface area contributed by atoms with Crippen molar-refractivity contribution in [2.75, 3.05) is 32.2 Å². The Morgan fingerprint density at radius 1 is 0.963 bits per heavy atom. The maximum absolute atomic E-state index is 13.1. The number of carboxylic acids is 1. The van der Waals surface area contributed by atoms with E-state index in [2.05, 4.69) is 0 Å². The number of benzene rings is 2. The van der Waals surface area contributed by atoms with E-state index < -0.39 is 22.5 Å². The van der Waals surface area contributed by atoms with Crippen molar-refractivity contribution < 1.29 is 32.5 Å². The van der Waals surface area contributed by atoms with Crippen molar-refractivity contribution in [2.24, 2.45) is 0 Å². The van der Waals surface area contributed by atoms with E-state index >= 15 is 0 Å². The van der Waals surface area contributed by atoms with Gasteiger partial charge in [0, 0.05) is 6.07 Å². The van der Waals surface area contributed by atoms with Gasteiger partial charge < -0.3 is 19.3 Å². The van der Waals surface area contributed by atoms with Gasteiger partial charge in [-0.1, -0.05) is 0 Å². The van der Waals surface area contributed by atoms with Crippen molar-refractivity contribution >= 4 is 21.7 Å². The van der Waals surface area contributed by atoms with Crippen molar-refractivity contribution in [1.82, 2.24) is 0 Å². The predicted molar refractivity (Wildman–Crippen MR) is 99.4 cm³/mol. The van der Waals surface area contributed by atoms with Crippen molar-refractivity contribution in [1.29, 1.82) is 0 Å². The molecule has 2 aromatic rings. The zero-order chi connectivity index (χ0) is 20.2. The first-order valence-corrected chi connectivity index (χ1v) is 9.29. The van der Waals surface area contributed by atoms with Crippen molar-refractivity contribution in [3.05, 3.63) is 42.0 Å². The van der Waals surface area contributed by atoms with E-state index in [-0.39, 0.29) is 16.3 Å². The third kappa shape index (κ3) is 4.25. The molecule has 2 rings (SSSR count). The van der Waals surface area contributed by atoms with Gasteiger partial charge in [-0.15, -0.1) is 0 Å². The summed E-state index contributed by atoms with van der Waals surface area (Å²) in [5.74, 6) is -0.0795. The highest BCUT2D eigenvalue weighted by atomic mass is 32.2. The Morgan fingerprint density at radius 2 is 1.56 bits per heavy atom. The molecule has 8 nitrogen and oxygen atoms in total. The molecule has 0 fully saturated rings. The van der Waals surface area contributed by atoms with E-state index in [0.29, 0.717) is 17.1 Å². The van der Waals surface area contributed by atoms with Crippen LogP contribution in [0.2, 0.25) is 0 Å². The minimum absolute atomic E-state index is 0.0446.